The molecule has 0 fully saturated rings. The average molecular weight is 350 g/mol. The Hall–Kier alpha value is -1.20. The Morgan fingerprint density at radius 2 is 2.25 bits per heavy atom. The fourth-order valence-electron chi connectivity index (χ4n) is 1.15. The number of nitro benzene ring substituents is 1. The van der Waals surface area contributed by atoms with E-state index < -0.39 is 10.7 Å². The van der Waals surface area contributed by atoms with E-state index in [9.17, 15) is 14.9 Å². The molecule has 0 heterocycles. The highest BCUT2D eigenvalue weighted by molar-refractivity contribution is 14.1. The number of carbonyl (C=O) groups is 1. The van der Waals surface area contributed by atoms with Crippen LogP contribution in [0.25, 0.3) is 0 Å². The number of ketones is 1. The maximum atomic E-state index is 11.4. The van der Waals surface area contributed by atoms with Crippen molar-refractivity contribution >= 4 is 45.7 Å². The number of nitriles is 1. The number of nitro groups is 1. The molecule has 16 heavy (non-hydrogen) atoms. The van der Waals surface area contributed by atoms with Gasteiger partial charge in [-0.25, -0.2) is 0 Å². The fraction of sp³-hybridized carbons (Fsp3) is 0.111. The molecule has 0 radical (unpaired) electrons. The molecule has 7 heteroatoms. The van der Waals surface area contributed by atoms with E-state index >= 15 is 0 Å². The highest BCUT2D eigenvalue weighted by Gasteiger charge is 2.22. The number of alkyl halides is 1. The molecule has 0 aliphatic carbocycles. The number of hydrogen-bond donors (Lipinski definition) is 0. The van der Waals surface area contributed by atoms with Gasteiger partial charge >= 0.3 is 0 Å². The Kier molecular flexibility index (Phi) is 4.20. The smallest absolute Gasteiger partial charge is 0.288 e. The highest BCUT2D eigenvalue weighted by atomic mass is 127. The Balaban J connectivity index is 3.56. The van der Waals surface area contributed by atoms with Gasteiger partial charge in [0.2, 0.25) is 0 Å². The second-order valence-electron chi connectivity index (χ2n) is 2.77. The lowest BCUT2D eigenvalue weighted by atomic mass is 10.0. The molecule has 0 unspecified atom stereocenters. The third-order valence-electron chi connectivity index (χ3n) is 1.81. The van der Waals surface area contributed by atoms with Crippen molar-refractivity contribution in [3.05, 3.63) is 36.9 Å². The van der Waals surface area contributed by atoms with Gasteiger partial charge in [-0.3, -0.25) is 14.9 Å². The van der Waals surface area contributed by atoms with Gasteiger partial charge in [-0.05, 0) is 28.7 Å². The van der Waals surface area contributed by atoms with Crippen molar-refractivity contribution in [3.8, 4) is 6.07 Å². The van der Waals surface area contributed by atoms with Crippen molar-refractivity contribution in [1.82, 2.24) is 0 Å². The zero-order valence-electron chi connectivity index (χ0n) is 7.74. The van der Waals surface area contributed by atoms with E-state index in [1.54, 1.807) is 6.07 Å². The summed E-state index contributed by atoms with van der Waals surface area (Å²) in [5.74, 6) is -0.814. The molecule has 1 aromatic rings. The standard InChI is InChI=1S/C9H4ClIN2O3/c10-3-9(14)6-1-5(11)2-8(13(15)16)7(6)4-12/h1-2H,3H2. The lowest BCUT2D eigenvalue weighted by molar-refractivity contribution is -0.385. The van der Waals surface area contributed by atoms with Gasteiger partial charge in [0.1, 0.15) is 11.6 Å². The molecule has 0 bridgehead atoms. The van der Waals surface area contributed by atoms with Crippen LogP contribution in [0.4, 0.5) is 5.69 Å². The van der Waals surface area contributed by atoms with Crippen LogP contribution in [0.1, 0.15) is 15.9 Å². The van der Waals surface area contributed by atoms with Crippen LogP contribution in [0.15, 0.2) is 12.1 Å². The SMILES string of the molecule is N#Cc1c(C(=O)CCl)cc(I)cc1[N+](=O)[O-]. The summed E-state index contributed by atoms with van der Waals surface area (Å²) in [7, 11) is 0. The number of carbonyl (C=O) groups excluding carboxylic acids is 1. The molecule has 0 saturated heterocycles. The van der Waals surface area contributed by atoms with E-state index in [-0.39, 0.29) is 22.7 Å². The summed E-state index contributed by atoms with van der Waals surface area (Å²) in [5, 5.41) is 19.5. The zero-order valence-corrected chi connectivity index (χ0v) is 10.7. The Morgan fingerprint density at radius 1 is 1.62 bits per heavy atom. The molecule has 0 aliphatic heterocycles. The first kappa shape index (κ1) is 12.9. The van der Waals surface area contributed by atoms with Crippen LogP contribution >= 0.6 is 34.2 Å². The maximum Gasteiger partial charge on any atom is 0.288 e. The Morgan fingerprint density at radius 3 is 2.69 bits per heavy atom. The summed E-state index contributed by atoms with van der Waals surface area (Å²) in [6.07, 6.45) is 0. The predicted molar refractivity (Wildman–Crippen MR) is 65.6 cm³/mol. The van der Waals surface area contributed by atoms with Crippen molar-refractivity contribution in [1.29, 1.82) is 5.26 Å². The van der Waals surface area contributed by atoms with Crippen LogP contribution in [0.2, 0.25) is 0 Å². The van der Waals surface area contributed by atoms with Gasteiger partial charge in [0, 0.05) is 15.2 Å². The minimum atomic E-state index is -0.689. The Labute approximate surface area is 109 Å². The molecule has 0 atom stereocenters. The van der Waals surface area contributed by atoms with E-state index in [0.29, 0.717) is 3.57 Å². The number of Topliss-reactive ketones (excluding diaryl/α,β-unsaturated/α-hetero) is 1. The topological polar surface area (TPSA) is 84.0 Å². The van der Waals surface area contributed by atoms with Gasteiger partial charge in [0.25, 0.3) is 5.69 Å². The molecule has 0 amide bonds. The van der Waals surface area contributed by atoms with Gasteiger partial charge in [-0.15, -0.1) is 11.6 Å². The molecule has 0 aliphatic rings. The molecule has 0 spiro atoms. The lowest BCUT2D eigenvalue weighted by Crippen LogP contribution is -2.06. The first-order chi connectivity index (χ1) is 7.51. The Bertz CT molecular complexity index is 510. The van der Waals surface area contributed by atoms with Gasteiger partial charge in [0.05, 0.1) is 10.8 Å². The molecule has 0 saturated carbocycles. The summed E-state index contributed by atoms with van der Waals surface area (Å²) in [5.41, 5.74) is -0.616. The summed E-state index contributed by atoms with van der Waals surface area (Å²) in [4.78, 5) is 21.4. The minimum absolute atomic E-state index is 0.00361. The van der Waals surface area contributed by atoms with Crippen molar-refractivity contribution in [2.24, 2.45) is 0 Å². The van der Waals surface area contributed by atoms with Crippen LogP contribution < -0.4 is 0 Å². The first-order valence-corrected chi connectivity index (χ1v) is 5.59. The molecular weight excluding hydrogens is 346 g/mol. The fourth-order valence-corrected chi connectivity index (χ4v) is 1.90. The van der Waals surface area contributed by atoms with E-state index in [4.69, 9.17) is 16.9 Å². The quantitative estimate of drug-likeness (QED) is 0.276. The molecule has 0 N–H and O–H groups in total. The van der Waals surface area contributed by atoms with Crippen molar-refractivity contribution < 1.29 is 9.72 Å². The number of nitrogens with zero attached hydrogens (tertiary/aromatic N) is 2. The second kappa shape index (κ2) is 5.23. The normalized spacial score (nSPS) is 9.56. The minimum Gasteiger partial charge on any atom is -0.293 e. The van der Waals surface area contributed by atoms with Crippen molar-refractivity contribution in [2.45, 2.75) is 0 Å². The van der Waals surface area contributed by atoms with Crippen LogP contribution in [0.3, 0.4) is 0 Å². The van der Waals surface area contributed by atoms with E-state index in [1.807, 2.05) is 22.6 Å². The summed E-state index contributed by atoms with van der Waals surface area (Å²) >= 11 is 7.21. The number of rotatable bonds is 3. The second-order valence-corrected chi connectivity index (χ2v) is 4.29. The van der Waals surface area contributed by atoms with Crippen molar-refractivity contribution in [3.63, 3.8) is 0 Å². The molecule has 82 valence electrons. The third-order valence-corrected chi connectivity index (χ3v) is 2.68. The van der Waals surface area contributed by atoms with Crippen LogP contribution in [0, 0.1) is 25.0 Å². The van der Waals surface area contributed by atoms with E-state index in [2.05, 4.69) is 0 Å². The number of halogens is 2. The summed E-state index contributed by atoms with van der Waals surface area (Å²) in [6, 6.07) is 4.32. The summed E-state index contributed by atoms with van der Waals surface area (Å²) in [6.45, 7) is 0. The summed E-state index contributed by atoms with van der Waals surface area (Å²) < 4.78 is 0.511. The lowest BCUT2D eigenvalue weighted by Gasteiger charge is -2.02. The average Bonchev–Trinajstić information content (AvgIpc) is 2.26. The molecule has 0 aromatic heterocycles. The first-order valence-electron chi connectivity index (χ1n) is 3.98. The van der Waals surface area contributed by atoms with Gasteiger partial charge < -0.3 is 0 Å². The van der Waals surface area contributed by atoms with E-state index in [1.165, 1.54) is 12.1 Å². The highest BCUT2D eigenvalue weighted by Crippen LogP contribution is 2.25. The zero-order chi connectivity index (χ0) is 12.3. The predicted octanol–water partition coefficient (Wildman–Crippen LogP) is 2.49. The van der Waals surface area contributed by atoms with Gasteiger partial charge in [0.15, 0.2) is 5.78 Å². The molecular formula is C9H4ClIN2O3. The van der Waals surface area contributed by atoms with Gasteiger partial charge in [-0.1, -0.05) is 0 Å². The number of hydrogen-bond acceptors (Lipinski definition) is 4. The van der Waals surface area contributed by atoms with E-state index in [0.717, 1.165) is 0 Å². The molecule has 1 rings (SSSR count). The van der Waals surface area contributed by atoms with Crippen LogP contribution in [-0.4, -0.2) is 16.6 Å². The van der Waals surface area contributed by atoms with Crippen LogP contribution in [0.5, 0.6) is 0 Å². The van der Waals surface area contributed by atoms with Gasteiger partial charge in [-0.2, -0.15) is 5.26 Å². The largest absolute Gasteiger partial charge is 0.293 e. The monoisotopic (exact) mass is 350 g/mol. The molecule has 1 aromatic carbocycles. The third kappa shape index (κ3) is 2.48. The molecule has 5 nitrogen and oxygen atoms in total. The number of benzene rings is 1. The van der Waals surface area contributed by atoms with Crippen LogP contribution in [-0.2, 0) is 0 Å². The van der Waals surface area contributed by atoms with Crippen molar-refractivity contribution in [2.75, 3.05) is 5.88 Å². The maximum absolute atomic E-state index is 11.4.